The van der Waals surface area contributed by atoms with E-state index in [4.69, 9.17) is 0 Å². The van der Waals surface area contributed by atoms with E-state index in [0.29, 0.717) is 6.29 Å². The number of aldehydes is 1. The van der Waals surface area contributed by atoms with Crippen molar-refractivity contribution >= 4 is 23.2 Å². The van der Waals surface area contributed by atoms with Gasteiger partial charge in [-0.2, -0.15) is 0 Å². The molecule has 0 aliphatic heterocycles. The number of hydrogen-bond donors (Lipinski definition) is 3. The number of thioether (sulfide) groups is 1. The lowest BCUT2D eigenvalue weighted by Crippen LogP contribution is -2.21. The van der Waals surface area contributed by atoms with Gasteiger partial charge in [0.25, 0.3) is 0 Å². The van der Waals surface area contributed by atoms with Gasteiger partial charge in [-0.25, -0.2) is 0 Å². The lowest BCUT2D eigenvalue weighted by Gasteiger charge is -2.17. The van der Waals surface area contributed by atoms with E-state index in [1.54, 1.807) is 0 Å². The Balaban J connectivity index is 2.76. The highest BCUT2D eigenvalue weighted by atomic mass is 32.2. The molecule has 3 N–H and O–H groups in total. The van der Waals surface area contributed by atoms with E-state index < -0.39 is 12.2 Å². The molecule has 2 unspecified atom stereocenters. The minimum absolute atomic E-state index is 0.0622. The zero-order valence-electron chi connectivity index (χ0n) is 9.74. The number of phenols is 1. The van der Waals surface area contributed by atoms with E-state index in [1.807, 2.05) is 0 Å². The predicted octanol–water partition coefficient (Wildman–Crippen LogP) is 0.879. The van der Waals surface area contributed by atoms with Gasteiger partial charge in [0.05, 0.1) is 11.7 Å². The monoisotopic (exact) mass is 270 g/mol. The molecule has 0 bridgehead atoms. The maximum absolute atomic E-state index is 10.7. The molecule has 5 nitrogen and oxygen atoms in total. The molecule has 0 aliphatic carbocycles. The van der Waals surface area contributed by atoms with Crippen molar-refractivity contribution in [1.82, 2.24) is 0 Å². The Hall–Kier alpha value is -1.37. The highest BCUT2D eigenvalue weighted by Crippen LogP contribution is 2.25. The second-order valence-corrected chi connectivity index (χ2v) is 4.95. The zero-order chi connectivity index (χ0) is 13.7. The van der Waals surface area contributed by atoms with E-state index >= 15 is 0 Å². The van der Waals surface area contributed by atoms with Gasteiger partial charge in [0.1, 0.15) is 11.9 Å². The van der Waals surface area contributed by atoms with Crippen molar-refractivity contribution in [3.8, 4) is 5.75 Å². The molecule has 6 heteroatoms. The summed E-state index contributed by atoms with van der Waals surface area (Å²) < 4.78 is 0. The summed E-state index contributed by atoms with van der Waals surface area (Å²) in [5.41, 5.74) is 0.397. The SMILES string of the molecule is CC(=O)SCC(O)C(O)c1ccc(C=O)c(O)c1. The lowest BCUT2D eigenvalue weighted by molar-refractivity contribution is -0.109. The maximum atomic E-state index is 10.7. The van der Waals surface area contributed by atoms with Crippen LogP contribution in [0.5, 0.6) is 5.75 Å². The van der Waals surface area contributed by atoms with Crippen molar-refractivity contribution < 1.29 is 24.9 Å². The largest absolute Gasteiger partial charge is 0.507 e. The quantitative estimate of drug-likeness (QED) is 0.687. The summed E-state index contributed by atoms with van der Waals surface area (Å²) in [6.45, 7) is 1.37. The van der Waals surface area contributed by atoms with Crippen LogP contribution in [0.4, 0.5) is 0 Å². The van der Waals surface area contributed by atoms with E-state index in [0.717, 1.165) is 11.8 Å². The Morgan fingerprint density at radius 2 is 2.11 bits per heavy atom. The van der Waals surface area contributed by atoms with Crippen LogP contribution in [0.25, 0.3) is 0 Å². The highest BCUT2D eigenvalue weighted by Gasteiger charge is 2.20. The van der Waals surface area contributed by atoms with Gasteiger partial charge in [-0.05, 0) is 17.7 Å². The third-order valence-electron chi connectivity index (χ3n) is 2.34. The van der Waals surface area contributed by atoms with Gasteiger partial charge in [0.15, 0.2) is 11.4 Å². The van der Waals surface area contributed by atoms with Gasteiger partial charge < -0.3 is 15.3 Å². The smallest absolute Gasteiger partial charge is 0.185 e. The summed E-state index contributed by atoms with van der Waals surface area (Å²) >= 11 is 0.907. The second kappa shape index (κ2) is 6.53. The number of phenolic OH excluding ortho intramolecular Hbond substituents is 1. The maximum Gasteiger partial charge on any atom is 0.185 e. The summed E-state index contributed by atoms with van der Waals surface area (Å²) in [5, 5.41) is 28.8. The molecule has 1 rings (SSSR count). The number of carbonyl (C=O) groups is 2. The first-order chi connectivity index (χ1) is 8.45. The summed E-state index contributed by atoms with van der Waals surface area (Å²) in [6, 6.07) is 4.01. The van der Waals surface area contributed by atoms with Crippen molar-refractivity contribution in [3.05, 3.63) is 29.3 Å². The number of hydrogen-bond acceptors (Lipinski definition) is 6. The highest BCUT2D eigenvalue weighted by molar-refractivity contribution is 8.13. The Morgan fingerprint density at radius 3 is 2.61 bits per heavy atom. The second-order valence-electron chi connectivity index (χ2n) is 3.75. The van der Waals surface area contributed by atoms with E-state index in [9.17, 15) is 24.9 Å². The van der Waals surface area contributed by atoms with Crippen LogP contribution in [-0.2, 0) is 4.79 Å². The average Bonchev–Trinajstić information content (AvgIpc) is 2.34. The van der Waals surface area contributed by atoms with E-state index in [-0.39, 0.29) is 27.7 Å². The van der Waals surface area contributed by atoms with Gasteiger partial charge in [0, 0.05) is 12.7 Å². The van der Waals surface area contributed by atoms with Crippen molar-refractivity contribution in [2.45, 2.75) is 19.1 Å². The molecular weight excluding hydrogens is 256 g/mol. The topological polar surface area (TPSA) is 94.8 Å². The number of carbonyl (C=O) groups excluding carboxylic acids is 2. The molecule has 1 aromatic carbocycles. The van der Waals surface area contributed by atoms with Crippen molar-refractivity contribution in [1.29, 1.82) is 0 Å². The summed E-state index contributed by atoms with van der Waals surface area (Å²) in [7, 11) is 0. The Labute approximate surface area is 108 Å². The molecule has 0 fully saturated rings. The molecule has 0 aromatic heterocycles. The number of benzene rings is 1. The molecule has 98 valence electrons. The van der Waals surface area contributed by atoms with Crippen LogP contribution in [-0.4, -0.2) is 38.6 Å². The van der Waals surface area contributed by atoms with Crippen molar-refractivity contribution in [2.75, 3.05) is 5.75 Å². The van der Waals surface area contributed by atoms with E-state index in [1.165, 1.54) is 25.1 Å². The average molecular weight is 270 g/mol. The van der Waals surface area contributed by atoms with Gasteiger partial charge in [-0.1, -0.05) is 17.8 Å². The van der Waals surface area contributed by atoms with Crippen LogP contribution >= 0.6 is 11.8 Å². The van der Waals surface area contributed by atoms with Crippen LogP contribution in [0.15, 0.2) is 18.2 Å². The van der Waals surface area contributed by atoms with E-state index in [2.05, 4.69) is 0 Å². The fourth-order valence-electron chi connectivity index (χ4n) is 1.36. The normalized spacial score (nSPS) is 13.9. The Morgan fingerprint density at radius 1 is 1.44 bits per heavy atom. The first kappa shape index (κ1) is 14.7. The number of aliphatic hydroxyl groups excluding tert-OH is 2. The van der Waals surface area contributed by atoms with Crippen LogP contribution in [0.3, 0.4) is 0 Å². The molecule has 0 radical (unpaired) electrons. The molecule has 0 amide bonds. The van der Waals surface area contributed by atoms with Gasteiger partial charge in [-0.3, -0.25) is 9.59 Å². The van der Waals surface area contributed by atoms with Gasteiger partial charge >= 0.3 is 0 Å². The molecule has 0 spiro atoms. The fraction of sp³-hybridized carbons (Fsp3) is 0.333. The Kier molecular flexibility index (Phi) is 5.33. The molecule has 1 aromatic rings. The lowest BCUT2D eigenvalue weighted by atomic mass is 10.0. The first-order valence-corrected chi connectivity index (χ1v) is 6.22. The minimum Gasteiger partial charge on any atom is -0.507 e. The summed E-state index contributed by atoms with van der Waals surface area (Å²) in [5.74, 6) is -0.194. The van der Waals surface area contributed by atoms with Crippen LogP contribution in [0.1, 0.15) is 28.9 Å². The predicted molar refractivity (Wildman–Crippen MR) is 67.6 cm³/mol. The fourth-order valence-corrected chi connectivity index (χ4v) is 1.95. The molecule has 18 heavy (non-hydrogen) atoms. The Bertz CT molecular complexity index is 446. The summed E-state index contributed by atoms with van der Waals surface area (Å²) in [6.07, 6.45) is -1.85. The molecule has 0 heterocycles. The van der Waals surface area contributed by atoms with Crippen LogP contribution in [0.2, 0.25) is 0 Å². The standard InChI is InChI=1S/C12H14O5S/c1-7(14)18-6-11(16)12(17)8-2-3-9(5-13)10(15)4-8/h2-5,11-12,15-17H,6H2,1H3. The third kappa shape index (κ3) is 3.83. The zero-order valence-corrected chi connectivity index (χ0v) is 10.6. The molecule has 0 aliphatic rings. The van der Waals surface area contributed by atoms with Crippen LogP contribution < -0.4 is 0 Å². The first-order valence-electron chi connectivity index (χ1n) is 5.23. The summed E-state index contributed by atoms with van der Waals surface area (Å²) in [4.78, 5) is 21.2. The van der Waals surface area contributed by atoms with Crippen molar-refractivity contribution in [3.63, 3.8) is 0 Å². The number of aliphatic hydroxyl groups is 2. The minimum atomic E-state index is -1.22. The molecule has 0 saturated carbocycles. The molecule has 0 saturated heterocycles. The van der Waals surface area contributed by atoms with Crippen molar-refractivity contribution in [2.24, 2.45) is 0 Å². The van der Waals surface area contributed by atoms with Gasteiger partial charge in [-0.15, -0.1) is 0 Å². The third-order valence-corrected chi connectivity index (χ3v) is 3.26. The molecular formula is C12H14O5S. The van der Waals surface area contributed by atoms with Gasteiger partial charge in [0.2, 0.25) is 0 Å². The van der Waals surface area contributed by atoms with Crippen LogP contribution in [0, 0.1) is 0 Å². The number of aromatic hydroxyl groups is 1. The molecule has 2 atom stereocenters. The number of rotatable bonds is 5.